The second-order valence-corrected chi connectivity index (χ2v) is 2.98. The molecule has 2 aliphatic carbocycles. The Morgan fingerprint density at radius 2 is 2.10 bits per heavy atom. The van der Waals surface area contributed by atoms with Gasteiger partial charge in [0.2, 0.25) is 5.78 Å². The Balaban J connectivity index is 2.32. The highest BCUT2D eigenvalue weighted by Gasteiger charge is 2.35. The molecule has 0 unspecified atom stereocenters. The van der Waals surface area contributed by atoms with Gasteiger partial charge >= 0.3 is 0 Å². The van der Waals surface area contributed by atoms with Crippen molar-refractivity contribution in [3.63, 3.8) is 0 Å². The zero-order valence-corrected chi connectivity index (χ0v) is 5.54. The molecule has 2 heteroatoms. The van der Waals surface area contributed by atoms with E-state index in [1.807, 2.05) is 12.2 Å². The van der Waals surface area contributed by atoms with Crippen LogP contribution >= 0.6 is 0 Å². The van der Waals surface area contributed by atoms with Crippen LogP contribution in [0.1, 0.15) is 12.8 Å². The van der Waals surface area contributed by atoms with E-state index >= 15 is 0 Å². The van der Waals surface area contributed by atoms with E-state index in [2.05, 4.69) is 0 Å². The van der Waals surface area contributed by atoms with Crippen LogP contribution in [0.2, 0.25) is 0 Å². The molecule has 0 aromatic heterocycles. The molecule has 0 heterocycles. The van der Waals surface area contributed by atoms with E-state index in [0.29, 0.717) is 12.3 Å². The van der Waals surface area contributed by atoms with E-state index in [9.17, 15) is 9.59 Å². The lowest BCUT2D eigenvalue weighted by atomic mass is 9.86. The number of hydrogen-bond donors (Lipinski definition) is 0. The van der Waals surface area contributed by atoms with Gasteiger partial charge in [0.25, 0.3) is 0 Å². The Morgan fingerprint density at radius 1 is 1.30 bits per heavy atom. The number of allylic oxidation sites excluding steroid dienone is 2. The highest BCUT2D eigenvalue weighted by Crippen LogP contribution is 2.32. The normalized spacial score (nSPS) is 37.2. The number of fused-ring (bicyclic) bond motifs is 2. The van der Waals surface area contributed by atoms with E-state index in [4.69, 9.17) is 0 Å². The smallest absolute Gasteiger partial charge is 0.205 e. The fourth-order valence-electron chi connectivity index (χ4n) is 1.67. The first-order chi connectivity index (χ1) is 4.77. The molecule has 0 amide bonds. The Kier molecular flexibility index (Phi) is 1.04. The molecule has 2 atom stereocenters. The van der Waals surface area contributed by atoms with E-state index in [1.165, 1.54) is 0 Å². The van der Waals surface area contributed by atoms with E-state index in [-0.39, 0.29) is 17.5 Å². The summed E-state index contributed by atoms with van der Waals surface area (Å²) in [5.41, 5.74) is 0. The number of ketones is 2. The van der Waals surface area contributed by atoms with Crippen molar-refractivity contribution in [1.82, 2.24) is 0 Å². The monoisotopic (exact) mass is 136 g/mol. The first kappa shape index (κ1) is 5.83. The molecule has 2 rings (SSSR count). The summed E-state index contributed by atoms with van der Waals surface area (Å²) >= 11 is 0. The largest absolute Gasteiger partial charge is 0.291 e. The molecule has 2 nitrogen and oxygen atoms in total. The van der Waals surface area contributed by atoms with Crippen molar-refractivity contribution in [3.05, 3.63) is 12.2 Å². The van der Waals surface area contributed by atoms with E-state index in [1.54, 1.807) is 0 Å². The number of hydrogen-bond acceptors (Lipinski definition) is 2. The van der Waals surface area contributed by atoms with Crippen LogP contribution in [0.15, 0.2) is 12.2 Å². The number of carbonyl (C=O) groups is 2. The number of rotatable bonds is 0. The van der Waals surface area contributed by atoms with Gasteiger partial charge in [0, 0.05) is 12.3 Å². The van der Waals surface area contributed by atoms with E-state index in [0.717, 1.165) is 6.42 Å². The minimum Gasteiger partial charge on any atom is -0.291 e. The molecule has 0 radical (unpaired) electrons. The minimum atomic E-state index is -0.176. The molecule has 0 aromatic rings. The molecule has 1 fully saturated rings. The van der Waals surface area contributed by atoms with Crippen LogP contribution in [-0.4, -0.2) is 11.6 Å². The molecular formula is C8H8O2. The molecule has 10 heavy (non-hydrogen) atoms. The summed E-state index contributed by atoms with van der Waals surface area (Å²) in [7, 11) is 0. The van der Waals surface area contributed by atoms with Gasteiger partial charge in [-0.25, -0.2) is 0 Å². The van der Waals surface area contributed by atoms with Crippen molar-refractivity contribution in [3.8, 4) is 0 Å². The third kappa shape index (κ3) is 0.649. The molecule has 0 spiro atoms. The molecule has 1 saturated carbocycles. The standard InChI is InChI=1S/C8H8O2/c9-7-4-5-1-2-6(3-5)8(7)10/h1-2,5-6H,3-4H2/t5-,6+/m1/s1. The summed E-state index contributed by atoms with van der Waals surface area (Å²) < 4.78 is 0. The highest BCUT2D eigenvalue weighted by atomic mass is 16.2. The molecule has 52 valence electrons. The van der Waals surface area contributed by atoms with Gasteiger partial charge in [0.15, 0.2) is 5.78 Å². The third-order valence-corrected chi connectivity index (χ3v) is 2.23. The summed E-state index contributed by atoms with van der Waals surface area (Å²) in [6, 6.07) is 0. The lowest BCUT2D eigenvalue weighted by molar-refractivity contribution is -0.140. The van der Waals surface area contributed by atoms with Crippen LogP contribution in [0.4, 0.5) is 0 Å². The van der Waals surface area contributed by atoms with Gasteiger partial charge in [0.1, 0.15) is 0 Å². The van der Waals surface area contributed by atoms with Gasteiger partial charge < -0.3 is 0 Å². The quantitative estimate of drug-likeness (QED) is 0.363. The summed E-state index contributed by atoms with van der Waals surface area (Å²) in [5, 5.41) is 0. The van der Waals surface area contributed by atoms with Crippen molar-refractivity contribution < 1.29 is 9.59 Å². The maximum atomic E-state index is 11.0. The summed E-state index contributed by atoms with van der Waals surface area (Å²) in [4.78, 5) is 21.8. The second kappa shape index (κ2) is 1.78. The maximum Gasteiger partial charge on any atom is 0.205 e. The Bertz CT molecular complexity index is 227. The van der Waals surface area contributed by atoms with Crippen LogP contribution in [0, 0.1) is 11.8 Å². The van der Waals surface area contributed by atoms with Crippen molar-refractivity contribution >= 4 is 11.6 Å². The Labute approximate surface area is 58.9 Å². The van der Waals surface area contributed by atoms with Gasteiger partial charge in [-0.15, -0.1) is 0 Å². The summed E-state index contributed by atoms with van der Waals surface area (Å²) in [6.45, 7) is 0. The molecule has 0 aromatic carbocycles. The average Bonchev–Trinajstić information content (AvgIpc) is 2.29. The lowest BCUT2D eigenvalue weighted by Crippen LogP contribution is -2.27. The van der Waals surface area contributed by atoms with Crippen LogP contribution < -0.4 is 0 Å². The third-order valence-electron chi connectivity index (χ3n) is 2.23. The zero-order chi connectivity index (χ0) is 7.14. The van der Waals surface area contributed by atoms with E-state index < -0.39 is 0 Å². The van der Waals surface area contributed by atoms with Gasteiger partial charge in [0.05, 0.1) is 0 Å². The van der Waals surface area contributed by atoms with Crippen LogP contribution in [0.25, 0.3) is 0 Å². The van der Waals surface area contributed by atoms with Crippen molar-refractivity contribution in [2.45, 2.75) is 12.8 Å². The average molecular weight is 136 g/mol. The maximum absolute atomic E-state index is 11.0. The van der Waals surface area contributed by atoms with Crippen LogP contribution in [0.5, 0.6) is 0 Å². The lowest BCUT2D eigenvalue weighted by Gasteiger charge is -2.15. The number of Topliss-reactive ketones (excluding diaryl/α,β-unsaturated/α-hetero) is 2. The van der Waals surface area contributed by atoms with Gasteiger partial charge in [-0.2, -0.15) is 0 Å². The summed E-state index contributed by atoms with van der Waals surface area (Å²) in [5.74, 6) is -0.0438. The van der Waals surface area contributed by atoms with Crippen molar-refractivity contribution in [2.75, 3.05) is 0 Å². The minimum absolute atomic E-state index is 0.0637. The fraction of sp³-hybridized carbons (Fsp3) is 0.500. The Hall–Kier alpha value is -0.920. The van der Waals surface area contributed by atoms with Crippen molar-refractivity contribution in [2.24, 2.45) is 11.8 Å². The molecule has 0 N–H and O–H groups in total. The SMILES string of the molecule is O=C1C[C@@H]2C=C[C@@H](C2)C1=O. The van der Waals surface area contributed by atoms with Gasteiger partial charge in [-0.05, 0) is 12.3 Å². The summed E-state index contributed by atoms with van der Waals surface area (Å²) in [6.07, 6.45) is 5.20. The second-order valence-electron chi connectivity index (χ2n) is 2.98. The molecule has 2 bridgehead atoms. The van der Waals surface area contributed by atoms with Crippen LogP contribution in [0.3, 0.4) is 0 Å². The molecular weight excluding hydrogens is 128 g/mol. The zero-order valence-electron chi connectivity index (χ0n) is 5.54. The predicted octanol–water partition coefficient (Wildman–Crippen LogP) is 0.721. The van der Waals surface area contributed by atoms with Crippen molar-refractivity contribution in [1.29, 1.82) is 0 Å². The predicted molar refractivity (Wildman–Crippen MR) is 35.4 cm³/mol. The molecule has 0 aliphatic heterocycles. The topological polar surface area (TPSA) is 34.1 Å². The Morgan fingerprint density at radius 3 is 2.90 bits per heavy atom. The van der Waals surface area contributed by atoms with Gasteiger partial charge in [-0.1, -0.05) is 12.2 Å². The van der Waals surface area contributed by atoms with Crippen LogP contribution in [-0.2, 0) is 9.59 Å². The fourth-order valence-corrected chi connectivity index (χ4v) is 1.67. The first-order valence-electron chi connectivity index (χ1n) is 3.53. The first-order valence-corrected chi connectivity index (χ1v) is 3.53. The molecule has 2 aliphatic rings. The van der Waals surface area contributed by atoms with Gasteiger partial charge in [-0.3, -0.25) is 9.59 Å². The highest BCUT2D eigenvalue weighted by molar-refractivity contribution is 6.39. The molecule has 0 saturated heterocycles. The number of carbonyl (C=O) groups excluding carboxylic acids is 2.